The number of aromatic nitrogens is 4. The summed E-state index contributed by atoms with van der Waals surface area (Å²) in [5.74, 6) is -1.10. The van der Waals surface area contributed by atoms with E-state index in [1.54, 1.807) is 10.9 Å². The molecule has 0 radical (unpaired) electrons. The van der Waals surface area contributed by atoms with Gasteiger partial charge < -0.3 is 5.11 Å². The van der Waals surface area contributed by atoms with Gasteiger partial charge in [0.1, 0.15) is 5.69 Å². The van der Waals surface area contributed by atoms with Gasteiger partial charge in [0, 0.05) is 11.8 Å². The lowest BCUT2D eigenvalue weighted by atomic mass is 10.1. The van der Waals surface area contributed by atoms with Crippen molar-refractivity contribution in [2.45, 2.75) is 6.54 Å². The third kappa shape index (κ3) is 2.64. The minimum absolute atomic E-state index is 0.0582. The molecule has 0 saturated heterocycles. The number of nitrogens with zero attached hydrogens (tertiary/aromatic N) is 4. The predicted octanol–water partition coefficient (Wildman–Crippen LogP) is 2.09. The second-order valence-corrected chi connectivity index (χ2v) is 4.44. The van der Waals surface area contributed by atoms with Crippen LogP contribution in [0.2, 0.25) is 0 Å². The van der Waals surface area contributed by atoms with Crippen molar-refractivity contribution >= 4 is 5.97 Å². The summed E-state index contributed by atoms with van der Waals surface area (Å²) in [7, 11) is 0. The van der Waals surface area contributed by atoms with Gasteiger partial charge in [-0.3, -0.25) is 4.98 Å². The number of aromatic carboxylic acids is 1. The summed E-state index contributed by atoms with van der Waals surface area (Å²) in [4.78, 5) is 15.6. The van der Waals surface area contributed by atoms with Gasteiger partial charge >= 0.3 is 5.97 Å². The third-order valence-electron chi connectivity index (χ3n) is 3.02. The number of hydrogen-bond acceptors (Lipinski definition) is 4. The zero-order chi connectivity index (χ0) is 14.7. The summed E-state index contributed by atoms with van der Waals surface area (Å²) in [6.45, 7) is 0.366. The number of benzene rings is 1. The van der Waals surface area contributed by atoms with Crippen LogP contribution in [0.5, 0.6) is 0 Å². The Bertz CT molecular complexity index is 754. The highest BCUT2D eigenvalue weighted by molar-refractivity contribution is 5.92. The molecule has 21 heavy (non-hydrogen) atoms. The number of carbonyl (C=O) groups is 1. The first-order valence-electron chi connectivity index (χ1n) is 6.38. The van der Waals surface area contributed by atoms with Crippen molar-refractivity contribution in [3.8, 4) is 11.3 Å². The Labute approximate surface area is 120 Å². The molecule has 1 N–H and O–H groups in total. The van der Waals surface area contributed by atoms with Crippen LogP contribution in [0, 0.1) is 0 Å². The van der Waals surface area contributed by atoms with Crippen molar-refractivity contribution in [3.05, 3.63) is 66.1 Å². The fourth-order valence-electron chi connectivity index (χ4n) is 2.09. The lowest BCUT2D eigenvalue weighted by Crippen LogP contribution is -2.07. The molecule has 104 valence electrons. The van der Waals surface area contributed by atoms with Crippen molar-refractivity contribution in [2.75, 3.05) is 0 Å². The van der Waals surface area contributed by atoms with Crippen molar-refractivity contribution in [2.24, 2.45) is 0 Å². The van der Waals surface area contributed by atoms with Crippen LogP contribution in [0.15, 0.2) is 54.7 Å². The summed E-state index contributed by atoms with van der Waals surface area (Å²) >= 11 is 0. The van der Waals surface area contributed by atoms with E-state index in [1.807, 2.05) is 48.5 Å². The van der Waals surface area contributed by atoms with Crippen molar-refractivity contribution in [1.82, 2.24) is 20.0 Å². The normalized spacial score (nSPS) is 10.5. The van der Waals surface area contributed by atoms with E-state index in [2.05, 4.69) is 15.3 Å². The molecule has 0 amide bonds. The maximum atomic E-state index is 11.3. The minimum atomic E-state index is -1.10. The Morgan fingerprint density at radius 3 is 2.52 bits per heavy atom. The molecule has 3 aromatic rings. The van der Waals surface area contributed by atoms with Crippen LogP contribution in [-0.2, 0) is 6.54 Å². The molecule has 0 aliphatic heterocycles. The summed E-state index contributed by atoms with van der Waals surface area (Å²) in [6, 6.07) is 14.8. The Hall–Kier alpha value is -3.02. The maximum Gasteiger partial charge on any atom is 0.358 e. The van der Waals surface area contributed by atoms with E-state index in [0.29, 0.717) is 12.2 Å². The van der Waals surface area contributed by atoms with Crippen LogP contribution in [0.25, 0.3) is 11.3 Å². The zero-order valence-corrected chi connectivity index (χ0v) is 11.0. The molecular weight excluding hydrogens is 268 g/mol. The van der Waals surface area contributed by atoms with Gasteiger partial charge in [-0.25, -0.2) is 9.48 Å². The van der Waals surface area contributed by atoms with Crippen molar-refractivity contribution in [1.29, 1.82) is 0 Å². The molecule has 2 aromatic heterocycles. The highest BCUT2D eigenvalue weighted by Gasteiger charge is 2.20. The predicted molar refractivity (Wildman–Crippen MR) is 75.8 cm³/mol. The van der Waals surface area contributed by atoms with Gasteiger partial charge in [-0.05, 0) is 12.1 Å². The Morgan fingerprint density at radius 2 is 1.86 bits per heavy atom. The van der Waals surface area contributed by atoms with Gasteiger partial charge in [0.05, 0.1) is 12.2 Å². The minimum Gasteiger partial charge on any atom is -0.476 e. The lowest BCUT2D eigenvalue weighted by molar-refractivity contribution is 0.0691. The Balaban J connectivity index is 2.07. The standard InChI is InChI=1S/C15H12N4O2/c20-15(21)13-14(11-6-2-1-3-7-11)19(18-17-13)10-12-8-4-5-9-16-12/h1-9H,10H2,(H,20,21). The van der Waals surface area contributed by atoms with E-state index in [-0.39, 0.29) is 5.69 Å². The van der Waals surface area contributed by atoms with Gasteiger partial charge in [-0.15, -0.1) is 5.10 Å². The van der Waals surface area contributed by atoms with Crippen LogP contribution in [0.1, 0.15) is 16.2 Å². The molecule has 0 bridgehead atoms. The molecule has 0 atom stereocenters. The van der Waals surface area contributed by atoms with Gasteiger partial charge in [-0.1, -0.05) is 41.6 Å². The van der Waals surface area contributed by atoms with E-state index in [1.165, 1.54) is 0 Å². The van der Waals surface area contributed by atoms with Crippen LogP contribution >= 0.6 is 0 Å². The fraction of sp³-hybridized carbons (Fsp3) is 0.0667. The van der Waals surface area contributed by atoms with Crippen molar-refractivity contribution in [3.63, 3.8) is 0 Å². The molecule has 6 nitrogen and oxygen atoms in total. The molecule has 6 heteroatoms. The van der Waals surface area contributed by atoms with Crippen LogP contribution < -0.4 is 0 Å². The number of hydrogen-bond donors (Lipinski definition) is 1. The smallest absolute Gasteiger partial charge is 0.358 e. The molecular formula is C15H12N4O2. The second-order valence-electron chi connectivity index (χ2n) is 4.44. The molecule has 0 aliphatic rings. The van der Waals surface area contributed by atoms with Crippen LogP contribution in [0.3, 0.4) is 0 Å². The fourth-order valence-corrected chi connectivity index (χ4v) is 2.09. The molecule has 2 heterocycles. The second kappa shape index (κ2) is 5.54. The summed E-state index contributed by atoms with van der Waals surface area (Å²) in [5, 5.41) is 17.0. The first-order chi connectivity index (χ1) is 10.3. The van der Waals surface area contributed by atoms with E-state index in [4.69, 9.17) is 0 Å². The highest BCUT2D eigenvalue weighted by Crippen LogP contribution is 2.22. The molecule has 1 aromatic carbocycles. The van der Waals surface area contributed by atoms with Gasteiger partial charge in [0.25, 0.3) is 0 Å². The quantitative estimate of drug-likeness (QED) is 0.791. The Kier molecular flexibility index (Phi) is 3.42. The van der Waals surface area contributed by atoms with E-state index in [0.717, 1.165) is 11.3 Å². The molecule has 0 saturated carbocycles. The molecule has 0 fully saturated rings. The average Bonchev–Trinajstić information content (AvgIpc) is 2.93. The lowest BCUT2D eigenvalue weighted by Gasteiger charge is -2.06. The van der Waals surface area contributed by atoms with Gasteiger partial charge in [-0.2, -0.15) is 0 Å². The number of pyridine rings is 1. The Morgan fingerprint density at radius 1 is 1.10 bits per heavy atom. The van der Waals surface area contributed by atoms with Crippen molar-refractivity contribution < 1.29 is 9.90 Å². The first kappa shape index (κ1) is 13.0. The van der Waals surface area contributed by atoms with E-state index in [9.17, 15) is 9.90 Å². The summed E-state index contributed by atoms with van der Waals surface area (Å²) in [5.41, 5.74) is 1.97. The monoisotopic (exact) mass is 280 g/mol. The largest absolute Gasteiger partial charge is 0.476 e. The van der Waals surface area contributed by atoms with Crippen LogP contribution in [-0.4, -0.2) is 31.1 Å². The first-order valence-corrected chi connectivity index (χ1v) is 6.38. The third-order valence-corrected chi connectivity index (χ3v) is 3.02. The summed E-state index contributed by atoms with van der Waals surface area (Å²) in [6.07, 6.45) is 1.69. The number of carboxylic acids is 1. The molecule has 0 spiro atoms. The maximum absolute atomic E-state index is 11.3. The summed E-state index contributed by atoms with van der Waals surface area (Å²) < 4.78 is 1.56. The number of rotatable bonds is 4. The topological polar surface area (TPSA) is 80.9 Å². The average molecular weight is 280 g/mol. The van der Waals surface area contributed by atoms with Gasteiger partial charge in [0.15, 0.2) is 5.69 Å². The number of carboxylic acid groups (broad SMARTS) is 1. The van der Waals surface area contributed by atoms with Crippen LogP contribution in [0.4, 0.5) is 0 Å². The highest BCUT2D eigenvalue weighted by atomic mass is 16.4. The van der Waals surface area contributed by atoms with E-state index >= 15 is 0 Å². The van der Waals surface area contributed by atoms with E-state index < -0.39 is 5.97 Å². The molecule has 3 rings (SSSR count). The molecule has 0 aliphatic carbocycles. The molecule has 0 unspecified atom stereocenters. The SMILES string of the molecule is O=C(O)c1nnn(Cc2ccccn2)c1-c1ccccc1. The van der Waals surface area contributed by atoms with Gasteiger partial charge in [0.2, 0.25) is 0 Å². The zero-order valence-electron chi connectivity index (χ0n) is 11.0.